The van der Waals surface area contributed by atoms with Crippen molar-refractivity contribution < 1.29 is 22.7 Å². The number of methoxy groups -OCH3 is 2. The second kappa shape index (κ2) is 9.68. The van der Waals surface area contributed by atoms with Gasteiger partial charge in [-0.1, -0.05) is 29.8 Å². The monoisotopic (exact) mass is 452 g/mol. The molecule has 0 bridgehead atoms. The van der Waals surface area contributed by atoms with Crippen LogP contribution < -0.4 is 14.8 Å². The third-order valence-electron chi connectivity index (χ3n) is 5.16. The van der Waals surface area contributed by atoms with Crippen LogP contribution in [0.5, 0.6) is 11.5 Å². The first kappa shape index (κ1) is 22.4. The van der Waals surface area contributed by atoms with E-state index in [0.717, 1.165) is 5.56 Å². The van der Waals surface area contributed by atoms with E-state index in [-0.39, 0.29) is 22.4 Å². The van der Waals surface area contributed by atoms with E-state index in [1.165, 1.54) is 29.6 Å². The highest BCUT2D eigenvalue weighted by Gasteiger charge is 2.33. The first-order valence-electron chi connectivity index (χ1n) is 9.60. The maximum atomic E-state index is 13.0. The molecule has 9 heteroatoms. The number of carbonyl (C=O) groups is 1. The third-order valence-corrected chi connectivity index (χ3v) is 7.32. The number of nitrogens with one attached hydrogen (secondary N) is 1. The number of carbonyl (C=O) groups excluding carboxylic acids is 1. The van der Waals surface area contributed by atoms with Gasteiger partial charge in [0.25, 0.3) is 0 Å². The molecule has 162 valence electrons. The van der Waals surface area contributed by atoms with Crippen LogP contribution in [0, 0.1) is 5.92 Å². The Kier molecular flexibility index (Phi) is 7.23. The molecule has 1 aliphatic rings. The van der Waals surface area contributed by atoms with E-state index in [9.17, 15) is 13.2 Å². The highest BCUT2D eigenvalue weighted by atomic mass is 35.5. The van der Waals surface area contributed by atoms with E-state index in [1.54, 1.807) is 7.11 Å². The largest absolute Gasteiger partial charge is 0.496 e. The zero-order valence-corrected chi connectivity index (χ0v) is 18.5. The fraction of sp³-hybridized carbons (Fsp3) is 0.381. The summed E-state index contributed by atoms with van der Waals surface area (Å²) in [5, 5.41) is 3.13. The van der Waals surface area contributed by atoms with Gasteiger partial charge in [0.15, 0.2) is 0 Å². The van der Waals surface area contributed by atoms with Crippen molar-refractivity contribution >= 4 is 27.5 Å². The van der Waals surface area contributed by atoms with Crippen molar-refractivity contribution in [2.24, 2.45) is 5.92 Å². The molecule has 1 N–H and O–H groups in total. The predicted octanol–water partition coefficient (Wildman–Crippen LogP) is 3.07. The molecule has 0 saturated carbocycles. The number of piperidine rings is 1. The Bertz CT molecular complexity index is 1010. The van der Waals surface area contributed by atoms with Crippen molar-refractivity contribution in [3.8, 4) is 11.5 Å². The lowest BCUT2D eigenvalue weighted by atomic mass is 9.98. The SMILES string of the molecule is COc1ccc(S(=O)(=O)N2CCC[C@H](C(=O)NCc3ccccc3OC)C2)cc1Cl. The van der Waals surface area contributed by atoms with E-state index in [2.05, 4.69) is 5.32 Å². The molecule has 1 fully saturated rings. The summed E-state index contributed by atoms with van der Waals surface area (Å²) in [4.78, 5) is 12.8. The Balaban J connectivity index is 1.68. The second-order valence-corrected chi connectivity index (χ2v) is 9.37. The molecule has 1 saturated heterocycles. The summed E-state index contributed by atoms with van der Waals surface area (Å²) in [7, 11) is -0.715. The molecule has 0 aromatic heterocycles. The zero-order chi connectivity index (χ0) is 21.7. The molecule has 0 spiro atoms. The Labute approximate surface area is 182 Å². The smallest absolute Gasteiger partial charge is 0.243 e. The molecule has 1 aliphatic heterocycles. The van der Waals surface area contributed by atoms with Gasteiger partial charge < -0.3 is 14.8 Å². The first-order valence-corrected chi connectivity index (χ1v) is 11.4. The molecular weight excluding hydrogens is 428 g/mol. The summed E-state index contributed by atoms with van der Waals surface area (Å²) in [5.41, 5.74) is 0.863. The third kappa shape index (κ3) is 4.88. The number of hydrogen-bond acceptors (Lipinski definition) is 5. The Morgan fingerprint density at radius 3 is 2.60 bits per heavy atom. The minimum Gasteiger partial charge on any atom is -0.496 e. The highest BCUT2D eigenvalue weighted by molar-refractivity contribution is 7.89. The van der Waals surface area contributed by atoms with E-state index in [4.69, 9.17) is 21.1 Å². The fourth-order valence-electron chi connectivity index (χ4n) is 3.51. The summed E-state index contributed by atoms with van der Waals surface area (Å²) >= 11 is 6.10. The number of rotatable bonds is 7. The van der Waals surface area contributed by atoms with Crippen LogP contribution >= 0.6 is 11.6 Å². The van der Waals surface area contributed by atoms with Crippen molar-refractivity contribution in [3.05, 3.63) is 53.1 Å². The Hall–Kier alpha value is -2.29. The topological polar surface area (TPSA) is 84.9 Å². The van der Waals surface area contributed by atoms with Gasteiger partial charge in [-0.15, -0.1) is 0 Å². The van der Waals surface area contributed by atoms with Crippen LogP contribution in [0.4, 0.5) is 0 Å². The molecule has 0 aliphatic carbocycles. The average molecular weight is 453 g/mol. The maximum absolute atomic E-state index is 13.0. The van der Waals surface area contributed by atoms with Crippen LogP contribution in [-0.4, -0.2) is 45.9 Å². The van der Waals surface area contributed by atoms with E-state index >= 15 is 0 Å². The van der Waals surface area contributed by atoms with Crippen LogP contribution in [0.3, 0.4) is 0 Å². The van der Waals surface area contributed by atoms with Crippen LogP contribution in [0.1, 0.15) is 18.4 Å². The van der Waals surface area contributed by atoms with Crippen molar-refractivity contribution in [1.82, 2.24) is 9.62 Å². The van der Waals surface area contributed by atoms with Gasteiger partial charge in [-0.2, -0.15) is 4.31 Å². The summed E-state index contributed by atoms with van der Waals surface area (Å²) < 4.78 is 37.8. The number of nitrogens with zero attached hydrogens (tertiary/aromatic N) is 1. The van der Waals surface area contributed by atoms with Gasteiger partial charge >= 0.3 is 0 Å². The molecule has 0 radical (unpaired) electrons. The lowest BCUT2D eigenvalue weighted by molar-refractivity contribution is -0.126. The van der Waals surface area contributed by atoms with Gasteiger partial charge in [0.1, 0.15) is 11.5 Å². The lowest BCUT2D eigenvalue weighted by Crippen LogP contribution is -2.45. The Morgan fingerprint density at radius 2 is 1.90 bits per heavy atom. The van der Waals surface area contributed by atoms with Crippen molar-refractivity contribution in [2.75, 3.05) is 27.3 Å². The molecule has 7 nitrogen and oxygen atoms in total. The second-order valence-electron chi connectivity index (χ2n) is 7.03. The highest BCUT2D eigenvalue weighted by Crippen LogP contribution is 2.30. The van der Waals surface area contributed by atoms with E-state index in [0.29, 0.717) is 37.4 Å². The van der Waals surface area contributed by atoms with Crippen molar-refractivity contribution in [1.29, 1.82) is 0 Å². The first-order chi connectivity index (χ1) is 14.4. The summed E-state index contributed by atoms with van der Waals surface area (Å²) in [6.45, 7) is 0.812. The molecule has 0 unspecified atom stereocenters. The minimum atomic E-state index is -3.76. The lowest BCUT2D eigenvalue weighted by Gasteiger charge is -2.31. The molecule has 30 heavy (non-hydrogen) atoms. The average Bonchev–Trinajstić information content (AvgIpc) is 2.77. The van der Waals surface area contributed by atoms with Gasteiger partial charge in [-0.05, 0) is 37.1 Å². The summed E-state index contributed by atoms with van der Waals surface area (Å²) in [6.07, 6.45) is 1.24. The molecular formula is C21H25ClN2O5S. The van der Waals surface area contributed by atoms with Crippen LogP contribution in [0.25, 0.3) is 0 Å². The van der Waals surface area contributed by atoms with Gasteiger partial charge in [0.2, 0.25) is 15.9 Å². The minimum absolute atomic E-state index is 0.0865. The molecule has 2 aromatic carbocycles. The number of benzene rings is 2. The number of ether oxygens (including phenoxy) is 2. The van der Waals surface area contributed by atoms with E-state index < -0.39 is 15.9 Å². The van der Waals surface area contributed by atoms with Gasteiger partial charge in [-0.3, -0.25) is 4.79 Å². The molecule has 1 amide bonds. The molecule has 1 heterocycles. The molecule has 1 atom stereocenters. The van der Waals surface area contributed by atoms with Crippen LogP contribution in [0.2, 0.25) is 5.02 Å². The molecule has 2 aromatic rings. The number of sulfonamides is 1. The van der Waals surface area contributed by atoms with Gasteiger partial charge in [-0.25, -0.2) is 8.42 Å². The number of amides is 1. The van der Waals surface area contributed by atoms with Crippen molar-refractivity contribution in [3.63, 3.8) is 0 Å². The van der Waals surface area contributed by atoms with Gasteiger partial charge in [0.05, 0.1) is 30.1 Å². The summed E-state index contributed by atoms with van der Waals surface area (Å²) in [6, 6.07) is 11.8. The maximum Gasteiger partial charge on any atom is 0.243 e. The predicted molar refractivity (Wildman–Crippen MR) is 114 cm³/mol. The normalized spacial score (nSPS) is 17.4. The number of para-hydroxylation sites is 1. The van der Waals surface area contributed by atoms with E-state index in [1.807, 2.05) is 24.3 Å². The number of halogens is 1. The van der Waals surface area contributed by atoms with Crippen molar-refractivity contribution in [2.45, 2.75) is 24.3 Å². The Morgan fingerprint density at radius 1 is 1.17 bits per heavy atom. The van der Waals surface area contributed by atoms with Crippen LogP contribution in [0.15, 0.2) is 47.4 Å². The quantitative estimate of drug-likeness (QED) is 0.697. The van der Waals surface area contributed by atoms with Gasteiger partial charge in [0, 0.05) is 25.2 Å². The van der Waals surface area contributed by atoms with Crippen LogP contribution in [-0.2, 0) is 21.4 Å². The fourth-order valence-corrected chi connectivity index (χ4v) is 5.38. The molecule has 3 rings (SSSR count). The zero-order valence-electron chi connectivity index (χ0n) is 16.9. The number of hydrogen-bond donors (Lipinski definition) is 1. The summed E-state index contributed by atoms with van der Waals surface area (Å²) in [5.74, 6) is 0.510. The standard InChI is InChI=1S/C21H25ClN2O5S/c1-28-19-8-4-3-6-15(19)13-23-21(25)16-7-5-11-24(14-16)30(26,27)17-9-10-20(29-2)18(22)12-17/h3-4,6,8-10,12,16H,5,7,11,13-14H2,1-2H3,(H,23,25)/t16-/m0/s1.